The smallest absolute Gasteiger partial charge is 0.370 e. The van der Waals surface area contributed by atoms with Gasteiger partial charge in [-0.2, -0.15) is 13.2 Å². The third-order valence-electron chi connectivity index (χ3n) is 2.66. The van der Waals surface area contributed by atoms with E-state index in [1.165, 1.54) is 0 Å². The van der Waals surface area contributed by atoms with Gasteiger partial charge in [-0.15, -0.1) is 0 Å². The summed E-state index contributed by atoms with van der Waals surface area (Å²) in [6, 6.07) is 7.95. The zero-order valence-corrected chi connectivity index (χ0v) is 11.7. The molecule has 1 unspecified atom stereocenters. The molecule has 0 radical (unpaired) electrons. The van der Waals surface area contributed by atoms with Gasteiger partial charge in [-0.1, -0.05) is 30.3 Å². The molecule has 0 bridgehead atoms. The first kappa shape index (κ1) is 17.5. The van der Waals surface area contributed by atoms with Crippen molar-refractivity contribution in [2.75, 3.05) is 13.2 Å². The summed E-state index contributed by atoms with van der Waals surface area (Å²) in [5.41, 5.74) is 6.68. The molecule has 1 aromatic rings. The lowest BCUT2D eigenvalue weighted by Gasteiger charge is -2.18. The molecule has 0 fully saturated rings. The molecule has 0 saturated carbocycles. The largest absolute Gasteiger partial charge is 0.411 e. The Morgan fingerprint density at radius 3 is 2.52 bits per heavy atom. The average Bonchev–Trinajstić information content (AvgIpc) is 2.38. The Labute approximate surface area is 121 Å². The minimum atomic E-state index is -4.37. The standard InChI is InChI=1S/C14H19F3N2O2/c1-10(8-21-9-14(15,16)17)19-13(20)12(18)7-11-5-3-2-4-6-11/h2-6,10,12H,7-9,18H2,1H3,(H,19,20)/t10?,12-/m0/s1. The lowest BCUT2D eigenvalue weighted by molar-refractivity contribution is -0.175. The van der Waals surface area contributed by atoms with E-state index in [1.807, 2.05) is 30.3 Å². The Morgan fingerprint density at radius 1 is 1.33 bits per heavy atom. The molecule has 1 amide bonds. The van der Waals surface area contributed by atoms with Crippen LogP contribution in [0.5, 0.6) is 0 Å². The summed E-state index contributed by atoms with van der Waals surface area (Å²) in [6.45, 7) is 0.0100. The second-order valence-electron chi connectivity index (χ2n) is 4.84. The summed E-state index contributed by atoms with van der Waals surface area (Å²) in [7, 11) is 0. The van der Waals surface area contributed by atoms with Gasteiger partial charge in [0.05, 0.1) is 12.6 Å². The number of ether oxygens (including phenoxy) is 1. The molecule has 0 aliphatic rings. The van der Waals surface area contributed by atoms with Gasteiger partial charge >= 0.3 is 6.18 Å². The molecule has 0 heterocycles. The third-order valence-corrected chi connectivity index (χ3v) is 2.66. The second kappa shape index (κ2) is 7.99. The highest BCUT2D eigenvalue weighted by Crippen LogP contribution is 2.14. The Kier molecular flexibility index (Phi) is 6.64. The topological polar surface area (TPSA) is 64.3 Å². The maximum atomic E-state index is 11.9. The second-order valence-corrected chi connectivity index (χ2v) is 4.84. The summed E-state index contributed by atoms with van der Waals surface area (Å²) in [4.78, 5) is 11.8. The van der Waals surface area contributed by atoms with E-state index >= 15 is 0 Å². The molecule has 7 heteroatoms. The zero-order valence-electron chi connectivity index (χ0n) is 11.7. The lowest BCUT2D eigenvalue weighted by atomic mass is 10.1. The average molecular weight is 304 g/mol. The van der Waals surface area contributed by atoms with Gasteiger partial charge in [0, 0.05) is 6.04 Å². The first-order chi connectivity index (χ1) is 9.78. The van der Waals surface area contributed by atoms with Gasteiger partial charge in [0.25, 0.3) is 0 Å². The molecule has 2 atom stereocenters. The molecule has 4 nitrogen and oxygen atoms in total. The fraction of sp³-hybridized carbons (Fsp3) is 0.500. The summed E-state index contributed by atoms with van der Waals surface area (Å²) in [6.07, 6.45) is -4.00. The van der Waals surface area contributed by atoms with E-state index in [0.29, 0.717) is 6.42 Å². The van der Waals surface area contributed by atoms with Crippen molar-refractivity contribution in [1.82, 2.24) is 5.32 Å². The van der Waals surface area contributed by atoms with Gasteiger partial charge in [0.1, 0.15) is 6.61 Å². The van der Waals surface area contributed by atoms with E-state index in [2.05, 4.69) is 10.1 Å². The highest BCUT2D eigenvalue weighted by Gasteiger charge is 2.27. The molecule has 0 aliphatic carbocycles. The normalized spacial score (nSPS) is 14.5. The number of halogens is 3. The van der Waals surface area contributed by atoms with Crippen molar-refractivity contribution in [2.45, 2.75) is 31.6 Å². The Bertz CT molecular complexity index is 438. The molecule has 0 spiro atoms. The van der Waals surface area contributed by atoms with Crippen molar-refractivity contribution >= 4 is 5.91 Å². The number of carbonyl (C=O) groups excluding carboxylic acids is 1. The van der Waals surface area contributed by atoms with Crippen LogP contribution in [0.15, 0.2) is 30.3 Å². The summed E-state index contributed by atoms with van der Waals surface area (Å²) in [5, 5.41) is 2.53. The summed E-state index contributed by atoms with van der Waals surface area (Å²) < 4.78 is 40.2. The molecule has 0 aromatic heterocycles. The van der Waals surface area contributed by atoms with E-state index in [-0.39, 0.29) is 6.61 Å². The monoisotopic (exact) mass is 304 g/mol. The van der Waals surface area contributed by atoms with E-state index in [0.717, 1.165) is 5.56 Å². The number of hydrogen-bond acceptors (Lipinski definition) is 3. The Hall–Kier alpha value is -1.60. The first-order valence-electron chi connectivity index (χ1n) is 6.52. The molecule has 1 rings (SSSR count). The van der Waals surface area contributed by atoms with Crippen molar-refractivity contribution in [3.05, 3.63) is 35.9 Å². The van der Waals surface area contributed by atoms with Crippen LogP contribution >= 0.6 is 0 Å². The number of rotatable bonds is 7. The molecule has 21 heavy (non-hydrogen) atoms. The lowest BCUT2D eigenvalue weighted by Crippen LogP contribution is -2.47. The van der Waals surface area contributed by atoms with Crippen LogP contribution in [-0.4, -0.2) is 37.4 Å². The number of amides is 1. The summed E-state index contributed by atoms with van der Waals surface area (Å²) in [5.74, 6) is -0.415. The highest BCUT2D eigenvalue weighted by atomic mass is 19.4. The fourth-order valence-corrected chi connectivity index (χ4v) is 1.70. The Balaban J connectivity index is 2.31. The Morgan fingerprint density at radius 2 is 1.95 bits per heavy atom. The number of hydrogen-bond donors (Lipinski definition) is 2. The summed E-state index contributed by atoms with van der Waals surface area (Å²) >= 11 is 0. The van der Waals surface area contributed by atoms with Crippen molar-refractivity contribution in [2.24, 2.45) is 5.73 Å². The molecular weight excluding hydrogens is 285 g/mol. The number of alkyl halides is 3. The van der Waals surface area contributed by atoms with Gasteiger partial charge in [0.15, 0.2) is 0 Å². The van der Waals surface area contributed by atoms with Crippen LogP contribution < -0.4 is 11.1 Å². The van der Waals surface area contributed by atoms with Gasteiger partial charge < -0.3 is 15.8 Å². The molecular formula is C14H19F3N2O2. The SMILES string of the molecule is CC(COCC(F)(F)F)NC(=O)[C@@H](N)Cc1ccccc1. The van der Waals surface area contributed by atoms with Crippen LogP contribution in [0.4, 0.5) is 13.2 Å². The van der Waals surface area contributed by atoms with Crippen LogP contribution in [0.2, 0.25) is 0 Å². The van der Waals surface area contributed by atoms with Gasteiger partial charge in [0.2, 0.25) is 5.91 Å². The maximum absolute atomic E-state index is 11.9. The van der Waals surface area contributed by atoms with Crippen LogP contribution in [0.3, 0.4) is 0 Å². The maximum Gasteiger partial charge on any atom is 0.411 e. The van der Waals surface area contributed by atoms with Gasteiger partial charge in [-0.05, 0) is 18.9 Å². The minimum Gasteiger partial charge on any atom is -0.370 e. The number of nitrogens with one attached hydrogen (secondary N) is 1. The number of carbonyl (C=O) groups is 1. The predicted octanol–water partition coefficient (Wildman–Crippen LogP) is 1.64. The zero-order chi connectivity index (χ0) is 15.9. The van der Waals surface area contributed by atoms with E-state index in [9.17, 15) is 18.0 Å². The van der Waals surface area contributed by atoms with Crippen molar-refractivity contribution in [3.8, 4) is 0 Å². The van der Waals surface area contributed by atoms with E-state index in [4.69, 9.17) is 5.73 Å². The quantitative estimate of drug-likeness (QED) is 0.805. The molecule has 0 saturated heterocycles. The molecule has 3 N–H and O–H groups in total. The van der Waals surface area contributed by atoms with E-state index in [1.54, 1.807) is 6.92 Å². The van der Waals surface area contributed by atoms with Gasteiger partial charge in [-0.3, -0.25) is 4.79 Å². The molecule has 118 valence electrons. The van der Waals surface area contributed by atoms with Crippen LogP contribution in [-0.2, 0) is 16.0 Å². The minimum absolute atomic E-state index is 0.219. The molecule has 0 aliphatic heterocycles. The number of benzene rings is 1. The van der Waals surface area contributed by atoms with Crippen LogP contribution in [0.25, 0.3) is 0 Å². The van der Waals surface area contributed by atoms with Gasteiger partial charge in [-0.25, -0.2) is 0 Å². The number of nitrogens with two attached hydrogens (primary N) is 1. The fourth-order valence-electron chi connectivity index (χ4n) is 1.70. The predicted molar refractivity (Wildman–Crippen MR) is 72.6 cm³/mol. The van der Waals surface area contributed by atoms with Crippen molar-refractivity contribution in [3.63, 3.8) is 0 Å². The van der Waals surface area contributed by atoms with Crippen LogP contribution in [0.1, 0.15) is 12.5 Å². The highest BCUT2D eigenvalue weighted by molar-refractivity contribution is 5.82. The molecule has 1 aromatic carbocycles. The van der Waals surface area contributed by atoms with Crippen molar-refractivity contribution < 1.29 is 22.7 Å². The first-order valence-corrected chi connectivity index (χ1v) is 6.52. The van der Waals surface area contributed by atoms with Crippen molar-refractivity contribution in [1.29, 1.82) is 0 Å². The third kappa shape index (κ3) is 7.67. The van der Waals surface area contributed by atoms with E-state index < -0.39 is 30.8 Å². The van der Waals surface area contributed by atoms with Crippen LogP contribution in [0, 0.1) is 0 Å².